The molecular formula is C24H27N7O. The Morgan fingerprint density at radius 2 is 1.84 bits per heavy atom. The second kappa shape index (κ2) is 9.13. The van der Waals surface area contributed by atoms with Crippen LogP contribution in [0.2, 0.25) is 0 Å². The number of hydrogen-bond donors (Lipinski definition) is 1. The summed E-state index contributed by atoms with van der Waals surface area (Å²) in [5.74, 6) is 0.444. The van der Waals surface area contributed by atoms with Gasteiger partial charge in [-0.1, -0.05) is 42.5 Å². The van der Waals surface area contributed by atoms with E-state index in [1.54, 1.807) is 10.7 Å². The molecule has 0 bridgehead atoms. The Morgan fingerprint density at radius 3 is 2.59 bits per heavy atom. The number of benzene rings is 2. The fourth-order valence-corrected chi connectivity index (χ4v) is 3.69. The van der Waals surface area contributed by atoms with Gasteiger partial charge in [-0.25, -0.2) is 4.68 Å². The summed E-state index contributed by atoms with van der Waals surface area (Å²) in [6.07, 6.45) is 0.878. The zero-order valence-corrected chi connectivity index (χ0v) is 18.8. The Balaban J connectivity index is 1.52. The van der Waals surface area contributed by atoms with Crippen LogP contribution in [0.1, 0.15) is 47.2 Å². The Bertz CT molecular complexity index is 1220. The molecule has 0 aliphatic heterocycles. The number of rotatable bonds is 7. The first-order valence-electron chi connectivity index (χ1n) is 10.7. The molecule has 0 spiro atoms. The van der Waals surface area contributed by atoms with Crippen LogP contribution in [-0.4, -0.2) is 35.9 Å². The molecule has 0 aliphatic rings. The van der Waals surface area contributed by atoms with Gasteiger partial charge in [0.25, 0.3) is 5.91 Å². The molecule has 4 aromatic rings. The fraction of sp³-hybridized carbons (Fsp3) is 0.292. The molecule has 164 valence electrons. The van der Waals surface area contributed by atoms with E-state index in [0.717, 1.165) is 35.6 Å². The lowest BCUT2D eigenvalue weighted by atomic mass is 10.1. The fourth-order valence-electron chi connectivity index (χ4n) is 3.69. The van der Waals surface area contributed by atoms with E-state index >= 15 is 0 Å². The molecule has 2 heterocycles. The summed E-state index contributed by atoms with van der Waals surface area (Å²) in [4.78, 5) is 13.0. The van der Waals surface area contributed by atoms with Crippen molar-refractivity contribution in [1.82, 2.24) is 30.0 Å². The molecule has 8 heteroatoms. The molecule has 2 aromatic heterocycles. The molecule has 0 saturated heterocycles. The van der Waals surface area contributed by atoms with Gasteiger partial charge in [-0.3, -0.25) is 9.48 Å². The number of carbonyl (C=O) groups is 1. The quantitative estimate of drug-likeness (QED) is 0.475. The third kappa shape index (κ3) is 4.44. The Morgan fingerprint density at radius 1 is 1.06 bits per heavy atom. The van der Waals surface area contributed by atoms with Gasteiger partial charge in [-0.15, -0.1) is 5.10 Å². The van der Waals surface area contributed by atoms with Crippen LogP contribution in [0, 0.1) is 13.8 Å². The van der Waals surface area contributed by atoms with Crippen molar-refractivity contribution in [3.63, 3.8) is 0 Å². The number of hydrogen-bond acceptors (Lipinski definition) is 5. The smallest absolute Gasteiger partial charge is 0.255 e. The summed E-state index contributed by atoms with van der Waals surface area (Å²) in [5.41, 5.74) is 5.07. The molecule has 1 amide bonds. The predicted octanol–water partition coefficient (Wildman–Crippen LogP) is 4.23. The zero-order valence-electron chi connectivity index (χ0n) is 18.8. The summed E-state index contributed by atoms with van der Waals surface area (Å²) in [6, 6.07) is 17.8. The van der Waals surface area contributed by atoms with Gasteiger partial charge in [0.05, 0.1) is 23.1 Å². The molecule has 8 nitrogen and oxygen atoms in total. The third-order valence-electron chi connectivity index (χ3n) is 5.44. The maximum atomic E-state index is 13.0. The molecule has 0 atom stereocenters. The molecule has 32 heavy (non-hydrogen) atoms. The normalized spacial score (nSPS) is 11.2. The van der Waals surface area contributed by atoms with Crippen LogP contribution in [0.3, 0.4) is 0 Å². The van der Waals surface area contributed by atoms with Crippen molar-refractivity contribution in [3.05, 3.63) is 77.1 Å². The van der Waals surface area contributed by atoms with E-state index in [9.17, 15) is 4.79 Å². The summed E-state index contributed by atoms with van der Waals surface area (Å²) in [6.45, 7) is 8.66. The summed E-state index contributed by atoms with van der Waals surface area (Å²) in [7, 11) is 0. The summed E-state index contributed by atoms with van der Waals surface area (Å²) < 4.78 is 3.69. The minimum absolute atomic E-state index is 0.115. The standard InChI is InChI=1S/C24H27N7O/c1-16(2)31-23(26-28-29-31)20-11-8-12-21(15-20)24(32)25-22-17(3)27-30(18(22)4)14-13-19-9-6-5-7-10-19/h5-12,15-16H,13-14H2,1-4H3,(H,25,32). The molecule has 0 unspecified atom stereocenters. The van der Waals surface area contributed by atoms with E-state index in [2.05, 4.69) is 38.1 Å². The van der Waals surface area contributed by atoms with Crippen LogP contribution in [-0.2, 0) is 13.0 Å². The maximum absolute atomic E-state index is 13.0. The lowest BCUT2D eigenvalue weighted by Gasteiger charge is -2.10. The van der Waals surface area contributed by atoms with Crippen molar-refractivity contribution < 1.29 is 4.79 Å². The van der Waals surface area contributed by atoms with Gasteiger partial charge in [0.2, 0.25) is 0 Å². The van der Waals surface area contributed by atoms with E-state index in [1.165, 1.54) is 5.56 Å². The van der Waals surface area contributed by atoms with Gasteiger partial charge in [-0.2, -0.15) is 5.10 Å². The number of aromatic nitrogens is 6. The van der Waals surface area contributed by atoms with Crippen molar-refractivity contribution in [2.24, 2.45) is 0 Å². The SMILES string of the molecule is Cc1nn(CCc2ccccc2)c(C)c1NC(=O)c1cccc(-c2nnnn2C(C)C)c1. The number of aryl methyl sites for hydroxylation is 3. The maximum Gasteiger partial charge on any atom is 0.255 e. The minimum atomic E-state index is -0.191. The molecule has 2 aromatic carbocycles. The lowest BCUT2D eigenvalue weighted by Crippen LogP contribution is -2.14. The molecule has 0 aliphatic carbocycles. The van der Waals surface area contributed by atoms with E-state index in [4.69, 9.17) is 0 Å². The first kappa shape index (κ1) is 21.4. The van der Waals surface area contributed by atoms with E-state index in [0.29, 0.717) is 11.4 Å². The second-order valence-electron chi connectivity index (χ2n) is 8.08. The van der Waals surface area contributed by atoms with Gasteiger partial charge in [0, 0.05) is 17.7 Å². The van der Waals surface area contributed by atoms with Crippen LogP contribution in [0.5, 0.6) is 0 Å². The molecule has 0 radical (unpaired) electrons. The average molecular weight is 430 g/mol. The van der Waals surface area contributed by atoms with Gasteiger partial charge < -0.3 is 5.32 Å². The summed E-state index contributed by atoms with van der Waals surface area (Å²) in [5, 5.41) is 19.6. The van der Waals surface area contributed by atoms with E-state index in [1.807, 2.05) is 68.8 Å². The van der Waals surface area contributed by atoms with Crippen LogP contribution >= 0.6 is 0 Å². The topological polar surface area (TPSA) is 90.5 Å². The monoisotopic (exact) mass is 429 g/mol. The van der Waals surface area contributed by atoms with Gasteiger partial charge in [-0.05, 0) is 62.2 Å². The predicted molar refractivity (Wildman–Crippen MR) is 123 cm³/mol. The highest BCUT2D eigenvalue weighted by atomic mass is 16.1. The lowest BCUT2D eigenvalue weighted by molar-refractivity contribution is 0.102. The number of tetrazole rings is 1. The van der Waals surface area contributed by atoms with Gasteiger partial charge >= 0.3 is 0 Å². The Kier molecular flexibility index (Phi) is 6.11. The number of nitrogens with one attached hydrogen (secondary N) is 1. The summed E-state index contributed by atoms with van der Waals surface area (Å²) >= 11 is 0. The van der Waals surface area contributed by atoms with Crippen molar-refractivity contribution >= 4 is 11.6 Å². The van der Waals surface area contributed by atoms with E-state index in [-0.39, 0.29) is 11.9 Å². The Hall–Kier alpha value is -3.81. The van der Waals surface area contributed by atoms with Crippen molar-refractivity contribution in [3.8, 4) is 11.4 Å². The Labute approximate surface area is 187 Å². The molecule has 0 fully saturated rings. The van der Waals surface area contributed by atoms with Gasteiger partial charge in [0.15, 0.2) is 5.82 Å². The number of amides is 1. The first-order valence-corrected chi connectivity index (χ1v) is 10.7. The second-order valence-corrected chi connectivity index (χ2v) is 8.08. The first-order chi connectivity index (χ1) is 15.4. The number of carbonyl (C=O) groups excluding carboxylic acids is 1. The van der Waals surface area contributed by atoms with Crippen LogP contribution in [0.15, 0.2) is 54.6 Å². The molecule has 1 N–H and O–H groups in total. The van der Waals surface area contributed by atoms with Crippen LogP contribution in [0.25, 0.3) is 11.4 Å². The van der Waals surface area contributed by atoms with E-state index < -0.39 is 0 Å². The highest BCUT2D eigenvalue weighted by molar-refractivity contribution is 6.05. The molecular weight excluding hydrogens is 402 g/mol. The third-order valence-corrected chi connectivity index (χ3v) is 5.44. The van der Waals surface area contributed by atoms with Crippen molar-refractivity contribution in [1.29, 1.82) is 0 Å². The highest BCUT2D eigenvalue weighted by Crippen LogP contribution is 2.23. The van der Waals surface area contributed by atoms with Crippen LogP contribution < -0.4 is 5.32 Å². The largest absolute Gasteiger partial charge is 0.319 e. The number of anilines is 1. The molecule has 0 saturated carbocycles. The molecule has 4 rings (SSSR count). The van der Waals surface area contributed by atoms with Crippen molar-refractivity contribution in [2.45, 2.75) is 46.7 Å². The highest BCUT2D eigenvalue weighted by Gasteiger charge is 2.17. The zero-order chi connectivity index (χ0) is 22.7. The number of nitrogens with zero attached hydrogens (tertiary/aromatic N) is 6. The minimum Gasteiger partial charge on any atom is -0.319 e. The average Bonchev–Trinajstić information content (AvgIpc) is 3.39. The van der Waals surface area contributed by atoms with Crippen molar-refractivity contribution in [2.75, 3.05) is 5.32 Å². The van der Waals surface area contributed by atoms with Crippen LogP contribution in [0.4, 0.5) is 5.69 Å². The van der Waals surface area contributed by atoms with Gasteiger partial charge in [0.1, 0.15) is 0 Å².